The van der Waals surface area contributed by atoms with Crippen LogP contribution >= 0.6 is 0 Å². The van der Waals surface area contributed by atoms with Crippen LogP contribution in [-0.4, -0.2) is 40.2 Å². The van der Waals surface area contributed by atoms with Gasteiger partial charge in [-0.05, 0) is 110 Å². The molecule has 0 bridgehead atoms. The lowest BCUT2D eigenvalue weighted by atomic mass is 9.95. The number of nitrogens with zero attached hydrogens (tertiary/aromatic N) is 5. The molecule has 7 heteroatoms. The fourth-order valence-corrected chi connectivity index (χ4v) is 25.1. The zero-order valence-electron chi connectivity index (χ0n) is 50.6. The Balaban J connectivity index is 1.06. The predicted molar refractivity (Wildman–Crippen MR) is 370 cm³/mol. The third-order valence-electron chi connectivity index (χ3n) is 18.6. The van der Waals surface area contributed by atoms with Gasteiger partial charge in [0.15, 0.2) is 22.0 Å². The highest BCUT2D eigenvalue weighted by molar-refractivity contribution is 7.24. The van der Waals surface area contributed by atoms with Crippen molar-refractivity contribution in [1.82, 2.24) is 24.1 Å². The van der Waals surface area contributed by atoms with Gasteiger partial charge in [-0.1, -0.05) is 297 Å². The molecule has 2 atom stereocenters. The minimum Gasteiger partial charge on any atom is -0.278 e. The van der Waals surface area contributed by atoms with Crippen LogP contribution in [0, 0.1) is 0 Å². The molecule has 2 aliphatic heterocycles. The van der Waals surface area contributed by atoms with Gasteiger partial charge >= 0.3 is 0 Å². The second-order valence-corrected chi connectivity index (χ2v) is 30.4. The van der Waals surface area contributed by atoms with Crippen molar-refractivity contribution in [3.05, 3.63) is 321 Å². The molecule has 0 amide bonds. The zero-order chi connectivity index (χ0) is 60.5. The van der Waals surface area contributed by atoms with Crippen molar-refractivity contribution in [3.8, 4) is 67.8 Å². The van der Waals surface area contributed by atoms with Gasteiger partial charge in [0.25, 0.3) is 0 Å². The smallest absolute Gasteiger partial charge is 0.240 e. The molecular weight excluding hydrogens is 1100 g/mol. The van der Waals surface area contributed by atoms with Gasteiger partial charge in [-0.15, -0.1) is 0 Å². The Bertz CT molecular complexity index is 5350. The van der Waals surface area contributed by atoms with Crippen molar-refractivity contribution < 1.29 is 4.11 Å². The fraction of sp³-hybridized carbons (Fsp3) is 0. The molecule has 0 saturated heterocycles. The van der Waals surface area contributed by atoms with E-state index in [2.05, 4.69) is 288 Å². The highest BCUT2D eigenvalue weighted by Crippen LogP contribution is 2.40. The number of aromatic nitrogens is 5. The van der Waals surface area contributed by atoms with Crippen molar-refractivity contribution >= 4 is 101 Å². The summed E-state index contributed by atoms with van der Waals surface area (Å²) in [6, 6.07) is 107. The van der Waals surface area contributed by atoms with Gasteiger partial charge in [0.05, 0.1) is 26.2 Å². The van der Waals surface area contributed by atoms with Gasteiger partial charge in [-0.25, -0.2) is 0 Å². The number of fused-ring (bicyclic) bond motifs is 12. The molecule has 0 saturated carbocycles. The Hall–Kier alpha value is -11.1. The molecule has 0 N–H and O–H groups in total. The van der Waals surface area contributed by atoms with E-state index in [1.807, 2.05) is 24.3 Å². The Morgan fingerprint density at radius 1 is 0.261 bits per heavy atom. The summed E-state index contributed by atoms with van der Waals surface area (Å²) < 4.78 is 39.5. The maximum atomic E-state index is 11.9. The Kier molecular flexibility index (Phi) is 10.6. The van der Waals surface area contributed by atoms with Crippen LogP contribution in [0.5, 0.6) is 0 Å². The third-order valence-corrected chi connectivity index (χ3v) is 27.9. The summed E-state index contributed by atoms with van der Waals surface area (Å²) in [6.07, 6.45) is 0. The van der Waals surface area contributed by atoms with Crippen molar-refractivity contribution in [2.45, 2.75) is 0 Å². The lowest BCUT2D eigenvalue weighted by molar-refractivity contribution is 0.893. The van der Waals surface area contributed by atoms with Crippen LogP contribution in [0.15, 0.2) is 321 Å². The minimum absolute atomic E-state index is 0.0522. The van der Waals surface area contributed by atoms with Gasteiger partial charge in [0.1, 0.15) is 0 Å². The van der Waals surface area contributed by atoms with Crippen LogP contribution in [0.3, 0.4) is 0 Å². The van der Waals surface area contributed by atoms with Crippen LogP contribution in [-0.2, 0) is 0 Å². The van der Waals surface area contributed by atoms with Crippen LogP contribution in [0.4, 0.5) is 0 Å². The number of para-hydroxylation sites is 4. The van der Waals surface area contributed by atoms with Crippen molar-refractivity contribution in [2.24, 2.45) is 0 Å². The molecule has 0 fully saturated rings. The predicted octanol–water partition coefficient (Wildman–Crippen LogP) is 13.8. The topological polar surface area (TPSA) is 48.5 Å². The molecule has 0 aliphatic carbocycles. The van der Waals surface area contributed by atoms with E-state index in [1.165, 1.54) is 0 Å². The van der Waals surface area contributed by atoms with E-state index >= 15 is 0 Å². The zero-order valence-corrected chi connectivity index (χ0v) is 49.6. The second-order valence-electron chi connectivity index (χ2n) is 23.0. The molecule has 0 spiro atoms. The molecule has 13 aromatic carbocycles. The molecule has 2 unspecified atom stereocenters. The van der Waals surface area contributed by atoms with Crippen molar-refractivity contribution in [1.29, 1.82) is 0 Å². The Morgan fingerprint density at radius 3 is 1.19 bits per heavy atom. The van der Waals surface area contributed by atoms with Crippen molar-refractivity contribution in [2.75, 3.05) is 0 Å². The first-order chi connectivity index (χ1) is 44.9. The van der Waals surface area contributed by atoms with Gasteiger partial charge < -0.3 is 0 Å². The number of rotatable bonds is 9. The average molecular weight is 1160 g/mol. The molecule has 5 nitrogen and oxygen atoms in total. The number of benzene rings is 13. The molecule has 3 aromatic heterocycles. The van der Waals surface area contributed by atoms with Crippen LogP contribution < -0.4 is 41.5 Å². The van der Waals surface area contributed by atoms with E-state index in [0.717, 1.165) is 119 Å². The minimum atomic E-state index is -3.93. The van der Waals surface area contributed by atoms with Crippen LogP contribution in [0.25, 0.3) is 111 Å². The number of hydrogen-bond acceptors (Lipinski definition) is 3. The van der Waals surface area contributed by atoms with Crippen LogP contribution in [0.1, 0.15) is 4.11 Å². The van der Waals surface area contributed by atoms with E-state index in [-0.39, 0.29) is 29.5 Å². The summed E-state index contributed by atoms with van der Waals surface area (Å²) in [7, 11) is -7.85. The fourth-order valence-electron chi connectivity index (χ4n) is 15.0. The molecule has 18 rings (SSSR count). The summed E-state index contributed by atoms with van der Waals surface area (Å²) in [5.74, 6) is 0.855. The monoisotopic (exact) mass is 1150 g/mol. The molecule has 0 radical (unpaired) electrons. The maximum Gasteiger partial charge on any atom is 0.240 e. The van der Waals surface area contributed by atoms with Gasteiger partial charge in [0, 0.05) is 27.1 Å². The molecule has 5 heterocycles. The lowest BCUT2D eigenvalue weighted by Gasteiger charge is -2.36. The lowest BCUT2D eigenvalue weighted by Crippen LogP contribution is -2.76. The highest BCUT2D eigenvalue weighted by atomic mass is 28.3. The molecular formula is C81H53N5Si2. The van der Waals surface area contributed by atoms with Crippen molar-refractivity contribution in [3.63, 3.8) is 0 Å². The quantitative estimate of drug-likeness (QED) is 0.135. The molecule has 2 aliphatic rings. The van der Waals surface area contributed by atoms with Gasteiger partial charge in [0.2, 0.25) is 11.9 Å². The van der Waals surface area contributed by atoms with E-state index in [9.17, 15) is 4.11 Å². The molecule has 16 aromatic rings. The summed E-state index contributed by atoms with van der Waals surface area (Å²) in [6.45, 7) is 0. The first-order valence-electron chi connectivity index (χ1n) is 31.5. The first kappa shape index (κ1) is 47.2. The molecule has 88 heavy (non-hydrogen) atoms. The van der Waals surface area contributed by atoms with E-state index in [4.69, 9.17) is 15.0 Å². The van der Waals surface area contributed by atoms with E-state index < -0.39 is 16.1 Å². The third kappa shape index (κ3) is 7.23. The Morgan fingerprint density at radius 2 is 0.659 bits per heavy atom. The summed E-state index contributed by atoms with van der Waals surface area (Å²) in [4.78, 5) is 17.1. The summed E-state index contributed by atoms with van der Waals surface area (Å²) in [5, 5.41) is 11.7. The first-order valence-corrected chi connectivity index (χ1v) is 34.0. The SMILES string of the molecule is [2H]c1c(-c2nc(-n3c4ccccc4c4ccccc43)nc(-n3c4ccccc4c4ccccc43)n2)c([2H])c([Si]2(c3ccccc3)c3ccccc3-c3c(-c4ccccc4)cccc32)c([2H])c1[Si]1(c2ccccc2)c2ccccc2-c2ccc(-c3ccccc3)cc21. The maximum absolute atomic E-state index is 11.9. The highest BCUT2D eigenvalue weighted by Gasteiger charge is 2.53. The normalized spacial score (nSPS) is 16.1. The van der Waals surface area contributed by atoms with Gasteiger partial charge in [-0.3, -0.25) is 9.13 Å². The summed E-state index contributed by atoms with van der Waals surface area (Å²) >= 11 is 0. The number of hydrogen-bond donors (Lipinski definition) is 0. The second kappa shape index (κ2) is 19.7. The standard InChI is InChI=1S/C81H53N5Si2/c1-5-26-54(27-6-1)56-48-49-68-67-38-17-23-45-74(67)88(77(68)52-56,59-32-11-4-12-33-59)61-51-57(50-60(53-61)87(58-30-9-3-10-31-58)75-46-24-18-39-69(75)78-62(40-25-47-76(78)87)55-28-7-2-8-29-55)79-82-80(85-70-41-19-13-34-63(70)64-35-14-20-42-71(64)85)84-81(83-79)86-72-43-21-15-36-65(72)66-37-16-22-44-73(66)86/h1-53H/i50D,51D,53D. The average Bonchev–Trinajstić information content (AvgIpc) is 1.58. The van der Waals surface area contributed by atoms with E-state index in [0.29, 0.717) is 22.3 Å². The summed E-state index contributed by atoms with van der Waals surface area (Å²) in [5.41, 5.74) is 12.5. The van der Waals surface area contributed by atoms with Crippen LogP contribution in [0.2, 0.25) is 0 Å². The van der Waals surface area contributed by atoms with E-state index in [1.54, 1.807) is 0 Å². The molecule has 410 valence electrons. The van der Waals surface area contributed by atoms with Gasteiger partial charge in [-0.2, -0.15) is 15.0 Å². The Labute approximate surface area is 515 Å². The largest absolute Gasteiger partial charge is 0.278 e.